The Bertz CT molecular complexity index is 552. The molecule has 0 aliphatic carbocycles. The Morgan fingerprint density at radius 3 is 2.72 bits per heavy atom. The van der Waals surface area contributed by atoms with E-state index in [2.05, 4.69) is 32.0 Å². The second-order valence-corrected chi connectivity index (χ2v) is 6.50. The van der Waals surface area contributed by atoms with Gasteiger partial charge >= 0.3 is 0 Å². The van der Waals surface area contributed by atoms with Gasteiger partial charge in [-0.1, -0.05) is 15.9 Å². The summed E-state index contributed by atoms with van der Waals surface area (Å²) in [7, 11) is -3.12. The lowest BCUT2D eigenvalue weighted by Crippen LogP contribution is -2.24. The molecule has 2 N–H and O–H groups in total. The third kappa shape index (κ3) is 5.49. The van der Waals surface area contributed by atoms with Crippen LogP contribution in [0.2, 0.25) is 0 Å². The summed E-state index contributed by atoms with van der Waals surface area (Å²) in [5, 5.41) is 12.0. The van der Waals surface area contributed by atoms with Crippen molar-refractivity contribution in [3.8, 4) is 6.07 Å². The summed E-state index contributed by atoms with van der Waals surface area (Å²) in [6.45, 7) is 0.975. The Hall–Kier alpha value is -1.10. The van der Waals surface area contributed by atoms with Crippen LogP contribution in [0, 0.1) is 11.3 Å². The molecule has 1 aromatic carbocycles. The van der Waals surface area contributed by atoms with Gasteiger partial charge in [-0.25, -0.2) is 13.1 Å². The van der Waals surface area contributed by atoms with Crippen LogP contribution in [0.25, 0.3) is 0 Å². The van der Waals surface area contributed by atoms with Gasteiger partial charge in [0, 0.05) is 17.6 Å². The summed E-state index contributed by atoms with van der Waals surface area (Å²) in [4.78, 5) is 0. The third-order valence-corrected chi connectivity index (χ3v) is 3.36. The lowest BCUT2D eigenvalue weighted by Gasteiger charge is -2.08. The number of nitrogens with zero attached hydrogens (tertiary/aromatic N) is 1. The summed E-state index contributed by atoms with van der Waals surface area (Å²) in [5.74, 6) is 0. The summed E-state index contributed by atoms with van der Waals surface area (Å²) in [5.41, 5.74) is 1.31. The van der Waals surface area contributed by atoms with Crippen LogP contribution in [0.5, 0.6) is 0 Å². The maximum Gasteiger partial charge on any atom is 0.208 e. The van der Waals surface area contributed by atoms with Crippen molar-refractivity contribution < 1.29 is 8.42 Å². The number of rotatable bonds is 6. The largest absolute Gasteiger partial charge is 0.384 e. The highest BCUT2D eigenvalue weighted by Gasteiger charge is 2.02. The fourth-order valence-corrected chi connectivity index (χ4v) is 2.21. The third-order valence-electron chi connectivity index (χ3n) is 2.14. The molecule has 1 rings (SSSR count). The molecule has 5 nitrogen and oxygen atoms in total. The molecule has 0 bridgehead atoms. The van der Waals surface area contributed by atoms with Gasteiger partial charge in [0.1, 0.15) is 6.07 Å². The van der Waals surface area contributed by atoms with Crippen LogP contribution in [-0.4, -0.2) is 27.8 Å². The van der Waals surface area contributed by atoms with Crippen LogP contribution in [0.4, 0.5) is 5.69 Å². The number of anilines is 1. The van der Waals surface area contributed by atoms with E-state index in [0.717, 1.165) is 16.4 Å². The van der Waals surface area contributed by atoms with Crippen LogP contribution in [0.15, 0.2) is 22.7 Å². The maximum absolute atomic E-state index is 10.8. The fraction of sp³-hybridized carbons (Fsp3) is 0.364. The van der Waals surface area contributed by atoms with E-state index in [1.54, 1.807) is 6.07 Å². The Balaban J connectivity index is 2.43. The summed E-state index contributed by atoms with van der Waals surface area (Å²) in [6.07, 6.45) is 1.77. The van der Waals surface area contributed by atoms with Crippen molar-refractivity contribution in [3.05, 3.63) is 28.2 Å². The molecular weight excluding hydrogens is 318 g/mol. The SMILES string of the molecule is CS(=O)(=O)NCCCNc1ccc(Br)cc1C#N. The van der Waals surface area contributed by atoms with Crippen molar-refractivity contribution in [2.75, 3.05) is 24.7 Å². The molecule has 0 atom stereocenters. The first-order valence-electron chi connectivity index (χ1n) is 5.30. The number of halogens is 1. The topological polar surface area (TPSA) is 82.0 Å². The average Bonchev–Trinajstić information content (AvgIpc) is 2.28. The summed E-state index contributed by atoms with van der Waals surface area (Å²) < 4.78 is 24.9. The van der Waals surface area contributed by atoms with Gasteiger partial charge in [0.05, 0.1) is 17.5 Å². The highest BCUT2D eigenvalue weighted by molar-refractivity contribution is 9.10. The molecule has 0 heterocycles. The minimum absolute atomic E-state index is 0.379. The van der Waals surface area contributed by atoms with E-state index in [4.69, 9.17) is 5.26 Å². The van der Waals surface area contributed by atoms with Crippen LogP contribution in [0.1, 0.15) is 12.0 Å². The zero-order valence-corrected chi connectivity index (χ0v) is 12.3. The Kier molecular flexibility index (Phi) is 5.59. The van der Waals surface area contributed by atoms with E-state index in [0.29, 0.717) is 25.1 Å². The van der Waals surface area contributed by atoms with Crippen molar-refractivity contribution in [1.82, 2.24) is 4.72 Å². The normalized spacial score (nSPS) is 10.9. The molecule has 0 saturated carbocycles. The lowest BCUT2D eigenvalue weighted by molar-refractivity contribution is 0.586. The lowest BCUT2D eigenvalue weighted by atomic mass is 10.2. The Morgan fingerprint density at radius 1 is 1.39 bits per heavy atom. The molecule has 0 aliphatic rings. The maximum atomic E-state index is 10.8. The van der Waals surface area contributed by atoms with E-state index in [1.807, 2.05) is 12.1 Å². The molecular formula is C11H14BrN3O2S. The Morgan fingerprint density at radius 2 is 2.11 bits per heavy atom. The average molecular weight is 332 g/mol. The van der Waals surface area contributed by atoms with Crippen molar-refractivity contribution in [2.45, 2.75) is 6.42 Å². The molecule has 0 saturated heterocycles. The van der Waals surface area contributed by atoms with Crippen molar-refractivity contribution in [1.29, 1.82) is 5.26 Å². The van der Waals surface area contributed by atoms with Gasteiger partial charge in [0.15, 0.2) is 0 Å². The first kappa shape index (κ1) is 15.0. The van der Waals surface area contributed by atoms with Gasteiger partial charge < -0.3 is 5.32 Å². The van der Waals surface area contributed by atoms with Gasteiger partial charge in [-0.3, -0.25) is 0 Å². The van der Waals surface area contributed by atoms with Crippen LogP contribution >= 0.6 is 15.9 Å². The van der Waals surface area contributed by atoms with Crippen molar-refractivity contribution in [3.63, 3.8) is 0 Å². The number of nitrogens with one attached hydrogen (secondary N) is 2. The molecule has 0 aliphatic heterocycles. The van der Waals surface area contributed by atoms with Gasteiger partial charge in [-0.05, 0) is 24.6 Å². The zero-order chi connectivity index (χ0) is 13.6. The number of sulfonamides is 1. The minimum atomic E-state index is -3.12. The van der Waals surface area contributed by atoms with E-state index in [9.17, 15) is 8.42 Å². The van der Waals surface area contributed by atoms with E-state index < -0.39 is 10.0 Å². The molecule has 0 aromatic heterocycles. The molecule has 1 aromatic rings. The molecule has 18 heavy (non-hydrogen) atoms. The van der Waals surface area contributed by atoms with Crippen molar-refractivity contribution >= 4 is 31.6 Å². The predicted octanol–water partition coefficient (Wildman–Crippen LogP) is 1.67. The highest BCUT2D eigenvalue weighted by Crippen LogP contribution is 2.19. The molecule has 0 fully saturated rings. The highest BCUT2D eigenvalue weighted by atomic mass is 79.9. The first-order chi connectivity index (χ1) is 8.42. The van der Waals surface area contributed by atoms with Gasteiger partial charge in [0.25, 0.3) is 0 Å². The Labute approximate surface area is 115 Å². The number of hydrogen-bond acceptors (Lipinski definition) is 4. The summed E-state index contributed by atoms with van der Waals surface area (Å²) >= 11 is 3.30. The molecule has 98 valence electrons. The standard InChI is InChI=1S/C11H14BrN3O2S/c1-18(16,17)15-6-2-5-14-11-4-3-10(12)7-9(11)8-13/h3-4,7,14-15H,2,5-6H2,1H3. The van der Waals surface area contributed by atoms with Gasteiger partial charge in [-0.15, -0.1) is 0 Å². The van der Waals surface area contributed by atoms with Gasteiger partial charge in [0.2, 0.25) is 10.0 Å². The zero-order valence-electron chi connectivity index (χ0n) is 9.90. The molecule has 0 radical (unpaired) electrons. The molecule has 0 spiro atoms. The van der Waals surface area contributed by atoms with Crippen molar-refractivity contribution in [2.24, 2.45) is 0 Å². The predicted molar refractivity (Wildman–Crippen MR) is 74.8 cm³/mol. The monoisotopic (exact) mass is 331 g/mol. The van der Waals surface area contributed by atoms with Gasteiger partial charge in [-0.2, -0.15) is 5.26 Å². The minimum Gasteiger partial charge on any atom is -0.384 e. The quantitative estimate of drug-likeness (QED) is 0.777. The second kappa shape index (κ2) is 6.73. The number of nitriles is 1. The van der Waals surface area contributed by atoms with E-state index in [1.165, 1.54) is 0 Å². The van der Waals surface area contributed by atoms with Crippen LogP contribution in [0.3, 0.4) is 0 Å². The number of benzene rings is 1. The number of hydrogen-bond donors (Lipinski definition) is 2. The fourth-order valence-electron chi connectivity index (χ4n) is 1.33. The summed E-state index contributed by atoms with van der Waals surface area (Å²) in [6, 6.07) is 7.49. The molecule has 0 unspecified atom stereocenters. The van der Waals surface area contributed by atoms with E-state index >= 15 is 0 Å². The van der Waals surface area contributed by atoms with Crippen LogP contribution in [-0.2, 0) is 10.0 Å². The van der Waals surface area contributed by atoms with Crippen LogP contribution < -0.4 is 10.0 Å². The second-order valence-electron chi connectivity index (χ2n) is 3.75. The molecule has 0 amide bonds. The molecule has 7 heteroatoms. The van der Waals surface area contributed by atoms with E-state index in [-0.39, 0.29) is 0 Å². The smallest absolute Gasteiger partial charge is 0.208 e. The first-order valence-corrected chi connectivity index (χ1v) is 7.99.